The van der Waals surface area contributed by atoms with Crippen molar-refractivity contribution in [3.63, 3.8) is 0 Å². The van der Waals surface area contributed by atoms with Crippen molar-refractivity contribution in [2.24, 2.45) is 0 Å². The summed E-state index contributed by atoms with van der Waals surface area (Å²) < 4.78 is 8.36. The molecule has 4 aromatic rings. The van der Waals surface area contributed by atoms with Gasteiger partial charge in [-0.05, 0) is 80.1 Å². The van der Waals surface area contributed by atoms with Crippen molar-refractivity contribution in [3.05, 3.63) is 93.8 Å². The van der Waals surface area contributed by atoms with Crippen LogP contribution < -0.4 is 10.1 Å². The van der Waals surface area contributed by atoms with Crippen molar-refractivity contribution in [1.29, 1.82) is 0 Å². The lowest BCUT2D eigenvalue weighted by Crippen LogP contribution is -2.26. The molecule has 0 saturated carbocycles. The molecule has 0 spiro atoms. The third-order valence-electron chi connectivity index (χ3n) is 6.74. The van der Waals surface area contributed by atoms with Gasteiger partial charge in [0.2, 0.25) is 5.91 Å². The molecule has 1 N–H and O–H groups in total. The van der Waals surface area contributed by atoms with Gasteiger partial charge in [0.25, 0.3) is 0 Å². The van der Waals surface area contributed by atoms with Gasteiger partial charge < -0.3 is 14.6 Å². The first kappa shape index (κ1) is 26.7. The van der Waals surface area contributed by atoms with Crippen LogP contribution in [0, 0.1) is 20.8 Å². The van der Waals surface area contributed by atoms with Gasteiger partial charge in [-0.15, -0.1) is 0 Å². The number of para-hydroxylation sites is 2. The summed E-state index contributed by atoms with van der Waals surface area (Å²) in [6.07, 6.45) is 4.35. The summed E-state index contributed by atoms with van der Waals surface area (Å²) in [5.41, 5.74) is 6.44. The summed E-state index contributed by atoms with van der Waals surface area (Å²) in [6.45, 7) is 8.03. The molecule has 0 aliphatic carbocycles. The van der Waals surface area contributed by atoms with Crippen molar-refractivity contribution < 1.29 is 9.53 Å². The first-order chi connectivity index (χ1) is 17.9. The first-order valence-electron chi connectivity index (χ1n) is 13.1. The molecule has 0 saturated heterocycles. The first-order valence-corrected chi connectivity index (χ1v) is 13.4. The summed E-state index contributed by atoms with van der Waals surface area (Å²) in [6, 6.07) is 20.3. The fourth-order valence-electron chi connectivity index (χ4n) is 4.67. The number of imidazole rings is 1. The molecule has 1 heterocycles. The minimum Gasteiger partial charge on any atom is -0.492 e. The van der Waals surface area contributed by atoms with Crippen LogP contribution in [-0.2, 0) is 24.2 Å². The number of rotatable bonds is 12. The van der Waals surface area contributed by atoms with Crippen LogP contribution in [0.1, 0.15) is 47.3 Å². The van der Waals surface area contributed by atoms with Gasteiger partial charge in [-0.3, -0.25) is 4.79 Å². The van der Waals surface area contributed by atoms with Crippen molar-refractivity contribution >= 4 is 28.5 Å². The number of nitrogens with one attached hydrogen (secondary N) is 1. The second-order valence-corrected chi connectivity index (χ2v) is 10.0. The number of halogens is 1. The molecule has 37 heavy (non-hydrogen) atoms. The van der Waals surface area contributed by atoms with Crippen molar-refractivity contribution in [2.75, 3.05) is 13.2 Å². The van der Waals surface area contributed by atoms with Crippen LogP contribution in [0.4, 0.5) is 0 Å². The van der Waals surface area contributed by atoms with Gasteiger partial charge in [0, 0.05) is 18.0 Å². The fourth-order valence-corrected chi connectivity index (χ4v) is 4.78. The van der Waals surface area contributed by atoms with Crippen LogP contribution in [0.2, 0.25) is 5.02 Å². The van der Waals surface area contributed by atoms with Crippen LogP contribution in [-0.4, -0.2) is 28.6 Å². The molecule has 6 heteroatoms. The number of carbonyl (C=O) groups is 1. The van der Waals surface area contributed by atoms with E-state index in [0.717, 1.165) is 82.1 Å². The normalized spacial score (nSPS) is 11.1. The van der Waals surface area contributed by atoms with E-state index in [2.05, 4.69) is 28.1 Å². The molecular formula is C31H36ClN3O2. The average molecular weight is 518 g/mol. The summed E-state index contributed by atoms with van der Waals surface area (Å²) in [4.78, 5) is 17.2. The summed E-state index contributed by atoms with van der Waals surface area (Å²) >= 11 is 6.30. The number of aromatic nitrogens is 2. The minimum absolute atomic E-state index is 0.0853. The van der Waals surface area contributed by atoms with Crippen LogP contribution in [0.5, 0.6) is 5.75 Å². The molecule has 3 aromatic carbocycles. The number of ether oxygens (including phenoxy) is 1. The van der Waals surface area contributed by atoms with E-state index in [9.17, 15) is 4.79 Å². The maximum atomic E-state index is 12.3. The van der Waals surface area contributed by atoms with E-state index in [-0.39, 0.29) is 5.91 Å². The van der Waals surface area contributed by atoms with E-state index in [4.69, 9.17) is 21.3 Å². The number of fused-ring (bicyclic) bond motifs is 1. The Bertz CT molecular complexity index is 1340. The topological polar surface area (TPSA) is 56.2 Å². The highest BCUT2D eigenvalue weighted by molar-refractivity contribution is 6.32. The molecule has 0 fully saturated rings. The second-order valence-electron chi connectivity index (χ2n) is 9.65. The molecule has 0 aliphatic heterocycles. The zero-order valence-electron chi connectivity index (χ0n) is 22.0. The predicted octanol–water partition coefficient (Wildman–Crippen LogP) is 6.77. The number of benzene rings is 3. The molecule has 4 rings (SSSR count). The third-order valence-corrected chi connectivity index (χ3v) is 7.33. The van der Waals surface area contributed by atoms with Crippen molar-refractivity contribution in [3.8, 4) is 5.75 Å². The highest BCUT2D eigenvalue weighted by Gasteiger charge is 2.11. The lowest BCUT2D eigenvalue weighted by molar-refractivity contribution is -0.120. The fraction of sp³-hybridized carbons (Fsp3) is 0.355. The van der Waals surface area contributed by atoms with Gasteiger partial charge in [-0.2, -0.15) is 0 Å². The Kier molecular flexibility index (Phi) is 9.24. The van der Waals surface area contributed by atoms with E-state index in [0.29, 0.717) is 19.6 Å². The standard InChI is InChI=1S/C31H36ClN3O2/c1-22-11-6-7-12-25(22)21-30(36)33-16-10-4-5-15-29-34-27-13-8-9-14-28(27)35(29)17-18-37-26-19-23(2)31(32)24(3)20-26/h6-9,11-14,19-20H,4-5,10,15-18,21H2,1-3H3,(H,33,36). The van der Waals surface area contributed by atoms with Crippen LogP contribution >= 0.6 is 11.6 Å². The summed E-state index contributed by atoms with van der Waals surface area (Å²) in [7, 11) is 0. The molecule has 194 valence electrons. The quantitative estimate of drug-likeness (QED) is 0.211. The molecule has 0 atom stereocenters. The van der Waals surface area contributed by atoms with Crippen LogP contribution in [0.15, 0.2) is 60.7 Å². The zero-order valence-corrected chi connectivity index (χ0v) is 22.8. The molecule has 0 bridgehead atoms. The number of amides is 1. The Morgan fingerprint density at radius 2 is 1.68 bits per heavy atom. The number of unbranched alkanes of at least 4 members (excludes halogenated alkanes) is 2. The average Bonchev–Trinajstić information content (AvgIpc) is 3.23. The Labute approximate surface area is 224 Å². The highest BCUT2D eigenvalue weighted by Crippen LogP contribution is 2.26. The molecule has 1 aromatic heterocycles. The van der Waals surface area contributed by atoms with Crippen molar-refractivity contribution in [2.45, 2.75) is 59.4 Å². The Morgan fingerprint density at radius 3 is 2.46 bits per heavy atom. The minimum atomic E-state index is 0.0853. The van der Waals surface area contributed by atoms with E-state index in [1.54, 1.807) is 0 Å². The van der Waals surface area contributed by atoms with Gasteiger partial charge in [0.1, 0.15) is 18.2 Å². The van der Waals surface area contributed by atoms with E-state index in [1.807, 2.05) is 63.2 Å². The zero-order chi connectivity index (χ0) is 26.2. The monoisotopic (exact) mass is 517 g/mol. The lowest BCUT2D eigenvalue weighted by Gasteiger charge is -2.13. The lowest BCUT2D eigenvalue weighted by atomic mass is 10.1. The smallest absolute Gasteiger partial charge is 0.224 e. The maximum Gasteiger partial charge on any atom is 0.224 e. The summed E-state index contributed by atoms with van der Waals surface area (Å²) in [5.74, 6) is 2.01. The summed E-state index contributed by atoms with van der Waals surface area (Å²) in [5, 5.41) is 3.85. The maximum absolute atomic E-state index is 12.3. The number of hydrogen-bond donors (Lipinski definition) is 1. The van der Waals surface area contributed by atoms with Gasteiger partial charge in [0.05, 0.1) is 24.0 Å². The Balaban J connectivity index is 1.26. The van der Waals surface area contributed by atoms with Gasteiger partial charge in [-0.25, -0.2) is 4.98 Å². The predicted molar refractivity (Wildman–Crippen MR) is 152 cm³/mol. The van der Waals surface area contributed by atoms with E-state index >= 15 is 0 Å². The van der Waals surface area contributed by atoms with Gasteiger partial charge in [0.15, 0.2) is 0 Å². The molecule has 0 radical (unpaired) electrons. The number of hydrogen-bond acceptors (Lipinski definition) is 3. The molecular weight excluding hydrogens is 482 g/mol. The van der Waals surface area contributed by atoms with E-state index < -0.39 is 0 Å². The van der Waals surface area contributed by atoms with Gasteiger partial charge in [-0.1, -0.05) is 54.4 Å². The molecule has 5 nitrogen and oxygen atoms in total. The molecule has 1 amide bonds. The van der Waals surface area contributed by atoms with Crippen LogP contribution in [0.25, 0.3) is 11.0 Å². The molecule has 0 aliphatic rings. The van der Waals surface area contributed by atoms with Crippen LogP contribution in [0.3, 0.4) is 0 Å². The largest absolute Gasteiger partial charge is 0.492 e. The van der Waals surface area contributed by atoms with Gasteiger partial charge >= 0.3 is 0 Å². The Morgan fingerprint density at radius 1 is 0.946 bits per heavy atom. The number of aryl methyl sites for hydroxylation is 4. The van der Waals surface area contributed by atoms with E-state index in [1.165, 1.54) is 0 Å². The SMILES string of the molecule is Cc1ccccc1CC(=O)NCCCCCc1nc2ccccc2n1CCOc1cc(C)c(Cl)c(C)c1. The number of carbonyl (C=O) groups excluding carboxylic acids is 1. The van der Waals surface area contributed by atoms with Crippen molar-refractivity contribution in [1.82, 2.24) is 14.9 Å². The molecule has 0 unspecified atom stereocenters. The Hall–Kier alpha value is -3.31. The highest BCUT2D eigenvalue weighted by atomic mass is 35.5. The second kappa shape index (κ2) is 12.8. The number of nitrogens with zero attached hydrogens (tertiary/aromatic N) is 2. The third kappa shape index (κ3) is 7.14.